The zero-order valence-electron chi connectivity index (χ0n) is 32.4. The second kappa shape index (κ2) is 18.7. The lowest BCUT2D eigenvalue weighted by atomic mass is 9.91. The lowest BCUT2D eigenvalue weighted by Crippen LogP contribution is -2.44. The normalized spacial score (nSPS) is 17.6. The van der Waals surface area contributed by atoms with Crippen molar-refractivity contribution < 1.29 is 29.6 Å². The highest BCUT2D eigenvalue weighted by Crippen LogP contribution is 2.41. The molecule has 1 fully saturated rings. The topological polar surface area (TPSA) is 156 Å². The number of aryl methyl sites for hydroxylation is 1. The molecule has 11 heteroatoms. The number of esters is 1. The number of carbonyl (C=O) groups is 1. The summed E-state index contributed by atoms with van der Waals surface area (Å²) in [5.74, 6) is 1.07. The van der Waals surface area contributed by atoms with Crippen LogP contribution in [0.1, 0.15) is 73.3 Å². The summed E-state index contributed by atoms with van der Waals surface area (Å²) < 4.78 is 12.3. The molecule has 4 aromatic carbocycles. The van der Waals surface area contributed by atoms with Crippen LogP contribution >= 0.6 is 0 Å². The third-order valence-corrected chi connectivity index (χ3v) is 11.4. The molecule has 0 saturated carbocycles. The number of anilines is 1. The molecular weight excluding hydrogens is 721 g/mol. The molecule has 57 heavy (non-hydrogen) atoms. The van der Waals surface area contributed by atoms with Gasteiger partial charge in [-0.25, -0.2) is 4.79 Å². The number of phenols is 2. The summed E-state index contributed by atoms with van der Waals surface area (Å²) in [6, 6.07) is 29.6. The van der Waals surface area contributed by atoms with E-state index in [2.05, 4.69) is 26.6 Å². The molecule has 1 saturated heterocycles. The van der Waals surface area contributed by atoms with Gasteiger partial charge in [0.15, 0.2) is 5.54 Å². The van der Waals surface area contributed by atoms with Crippen LogP contribution in [0.4, 0.5) is 5.69 Å². The quantitative estimate of drug-likeness (QED) is 0.0409. The second-order valence-electron chi connectivity index (χ2n) is 15.5. The van der Waals surface area contributed by atoms with Crippen molar-refractivity contribution in [2.75, 3.05) is 44.7 Å². The highest BCUT2D eigenvalue weighted by molar-refractivity contribution is 5.88. The van der Waals surface area contributed by atoms with Gasteiger partial charge in [-0.15, -0.1) is 0 Å². The van der Waals surface area contributed by atoms with E-state index in [0.717, 1.165) is 99.3 Å². The van der Waals surface area contributed by atoms with E-state index < -0.39 is 11.6 Å². The van der Waals surface area contributed by atoms with Gasteiger partial charge in [0.1, 0.15) is 17.2 Å². The van der Waals surface area contributed by atoms with Crippen LogP contribution < -0.4 is 20.9 Å². The summed E-state index contributed by atoms with van der Waals surface area (Å²) in [6.07, 6.45) is 6.40. The van der Waals surface area contributed by atoms with Crippen molar-refractivity contribution in [3.63, 3.8) is 0 Å². The second-order valence-corrected chi connectivity index (χ2v) is 15.5. The summed E-state index contributed by atoms with van der Waals surface area (Å²) in [5.41, 5.74) is 3.73. The predicted molar refractivity (Wildman–Crippen MR) is 222 cm³/mol. The minimum Gasteiger partial charge on any atom is -0.508 e. The summed E-state index contributed by atoms with van der Waals surface area (Å²) in [5, 5.41) is 38.3. The molecule has 7 rings (SSSR count). The fraction of sp³-hybridized carbons (Fsp3) is 0.391. The van der Waals surface area contributed by atoms with Crippen molar-refractivity contribution in [1.82, 2.24) is 15.2 Å². The molecule has 5 aromatic rings. The fourth-order valence-corrected chi connectivity index (χ4v) is 8.25. The van der Waals surface area contributed by atoms with Gasteiger partial charge in [-0.05, 0) is 123 Å². The Bertz CT molecular complexity index is 2180. The van der Waals surface area contributed by atoms with E-state index in [-0.39, 0.29) is 23.0 Å². The predicted octanol–water partition coefficient (Wildman–Crippen LogP) is 6.91. The number of hydrogen-bond donors (Lipinski definition) is 6. The summed E-state index contributed by atoms with van der Waals surface area (Å²) in [4.78, 5) is 30.8. The highest BCUT2D eigenvalue weighted by atomic mass is 16.5. The van der Waals surface area contributed by atoms with E-state index in [1.807, 2.05) is 60.7 Å². The third-order valence-electron chi connectivity index (χ3n) is 11.4. The number of aliphatic hydroxyl groups excluding tert-OH is 1. The van der Waals surface area contributed by atoms with Crippen molar-refractivity contribution in [3.8, 4) is 17.2 Å². The maximum atomic E-state index is 14.1. The molecule has 1 aliphatic carbocycles. The molecule has 0 spiro atoms. The smallest absolute Gasteiger partial charge is 0.336 e. The lowest BCUT2D eigenvalue weighted by Gasteiger charge is -2.34. The molecule has 0 radical (unpaired) electrons. The first-order valence-electron chi connectivity index (χ1n) is 20.3. The number of H-pyrrole nitrogens is 1. The van der Waals surface area contributed by atoms with Gasteiger partial charge in [-0.2, -0.15) is 0 Å². The van der Waals surface area contributed by atoms with Gasteiger partial charge in [0.2, 0.25) is 5.56 Å². The van der Waals surface area contributed by atoms with Crippen molar-refractivity contribution in [2.45, 2.75) is 69.6 Å². The van der Waals surface area contributed by atoms with Crippen LogP contribution in [0.2, 0.25) is 0 Å². The molecule has 2 heterocycles. The Morgan fingerprint density at radius 3 is 2.60 bits per heavy atom. The SMILES string of the molecule is O=C(OCC1CCN(Cc2cccc(O)c2)CC1)C1(Nc2cccc(OCCCCCCNC[C@H](O)c3ccc(O)c4[nH]c(=O)ccc34)c2)CCc2ccccc21. The number of carbonyl (C=O) groups excluding carboxylic acids is 1. The number of hydrogen-bond acceptors (Lipinski definition) is 10. The molecule has 6 N–H and O–H groups in total. The van der Waals surface area contributed by atoms with Crippen LogP contribution in [-0.4, -0.2) is 70.6 Å². The van der Waals surface area contributed by atoms with Gasteiger partial charge in [-0.1, -0.05) is 61.4 Å². The van der Waals surface area contributed by atoms with Crippen LogP contribution in [-0.2, 0) is 28.0 Å². The summed E-state index contributed by atoms with van der Waals surface area (Å²) in [7, 11) is 0. The van der Waals surface area contributed by atoms with Crippen molar-refractivity contribution in [3.05, 3.63) is 130 Å². The van der Waals surface area contributed by atoms with E-state index >= 15 is 0 Å². The molecular formula is C46H54N4O7. The zero-order chi connectivity index (χ0) is 39.6. The number of rotatable bonds is 18. The number of phenolic OH excluding ortho intramolecular Hbond substituents is 2. The van der Waals surface area contributed by atoms with E-state index in [1.165, 1.54) is 12.1 Å². The van der Waals surface area contributed by atoms with E-state index in [1.54, 1.807) is 18.2 Å². The number of fused-ring (bicyclic) bond motifs is 2. The Morgan fingerprint density at radius 2 is 1.74 bits per heavy atom. The molecule has 2 atom stereocenters. The van der Waals surface area contributed by atoms with Gasteiger partial charge in [-0.3, -0.25) is 9.69 Å². The standard InChI is InChI=1S/C46H54N4O7/c51-36-12-7-9-33(27-36)30-50-24-20-32(21-25-50)31-57-45(55)46(22-19-34-10-3-4-14-40(34)46)49-35-11-8-13-37(28-35)56-26-6-2-1-5-23-47-29-42(53)38-15-17-41(52)44-39(38)16-18-43(54)48-44/h3-4,7-18,27-28,32,42,47,49,51-53H,1-2,5-6,19-26,29-31H2,(H,48,54)/t42-,46?/m0/s1. The lowest BCUT2D eigenvalue weighted by molar-refractivity contribution is -0.151. The largest absolute Gasteiger partial charge is 0.508 e. The Balaban J connectivity index is 0.847. The average molecular weight is 775 g/mol. The van der Waals surface area contributed by atoms with E-state index in [0.29, 0.717) is 48.6 Å². The monoisotopic (exact) mass is 774 g/mol. The Labute approximate surface area is 333 Å². The van der Waals surface area contributed by atoms with Crippen molar-refractivity contribution >= 4 is 22.6 Å². The third kappa shape index (κ3) is 9.97. The van der Waals surface area contributed by atoms with Gasteiger partial charge >= 0.3 is 5.97 Å². The number of ether oxygens (including phenoxy) is 2. The number of likely N-dealkylation sites (tertiary alicyclic amines) is 1. The number of aliphatic hydroxyl groups is 1. The molecule has 1 unspecified atom stereocenters. The molecule has 11 nitrogen and oxygen atoms in total. The van der Waals surface area contributed by atoms with Crippen LogP contribution in [0, 0.1) is 5.92 Å². The number of piperidine rings is 1. The number of pyridine rings is 1. The minimum atomic E-state index is -0.979. The summed E-state index contributed by atoms with van der Waals surface area (Å²) >= 11 is 0. The number of aromatic nitrogens is 1. The minimum absolute atomic E-state index is 0.0247. The highest BCUT2D eigenvalue weighted by Gasteiger charge is 2.47. The molecule has 0 bridgehead atoms. The van der Waals surface area contributed by atoms with Gasteiger partial charge < -0.3 is 40.4 Å². The maximum Gasteiger partial charge on any atom is 0.336 e. The van der Waals surface area contributed by atoms with Gasteiger partial charge in [0.05, 0.1) is 24.8 Å². The Kier molecular flexibility index (Phi) is 13.1. The van der Waals surface area contributed by atoms with Crippen molar-refractivity contribution in [2.24, 2.45) is 5.92 Å². The first-order valence-corrected chi connectivity index (χ1v) is 20.3. The molecule has 1 aromatic heterocycles. The zero-order valence-corrected chi connectivity index (χ0v) is 32.4. The maximum absolute atomic E-state index is 14.1. The number of aromatic amines is 1. The van der Waals surface area contributed by atoms with Crippen LogP contribution in [0.5, 0.6) is 17.2 Å². The fourth-order valence-electron chi connectivity index (χ4n) is 8.25. The number of unbranched alkanes of at least 4 members (excludes halogenated alkanes) is 3. The van der Waals surface area contributed by atoms with E-state index in [9.17, 15) is 24.9 Å². The molecule has 300 valence electrons. The first-order chi connectivity index (χ1) is 27.8. The van der Waals surface area contributed by atoms with E-state index in [4.69, 9.17) is 9.47 Å². The number of nitrogens with zero attached hydrogens (tertiary/aromatic N) is 1. The number of nitrogens with one attached hydrogen (secondary N) is 3. The van der Waals surface area contributed by atoms with Crippen LogP contribution in [0.25, 0.3) is 10.9 Å². The molecule has 2 aliphatic rings. The average Bonchev–Trinajstić information content (AvgIpc) is 3.59. The number of aromatic hydroxyl groups is 2. The Hall–Kier alpha value is -5.36. The van der Waals surface area contributed by atoms with Gasteiger partial charge in [0, 0.05) is 36.3 Å². The first kappa shape index (κ1) is 39.9. The van der Waals surface area contributed by atoms with Crippen LogP contribution in [0.3, 0.4) is 0 Å². The van der Waals surface area contributed by atoms with Crippen LogP contribution in [0.15, 0.2) is 102 Å². The summed E-state index contributed by atoms with van der Waals surface area (Å²) in [6.45, 7) is 4.74. The Morgan fingerprint density at radius 1 is 0.912 bits per heavy atom. The van der Waals surface area contributed by atoms with Gasteiger partial charge in [0.25, 0.3) is 0 Å². The van der Waals surface area contributed by atoms with Crippen molar-refractivity contribution in [1.29, 1.82) is 0 Å². The molecule has 0 amide bonds. The molecule has 1 aliphatic heterocycles. The number of benzene rings is 4.